The quantitative estimate of drug-likeness (QED) is 0.554. The number of hydrogen-bond donors (Lipinski definition) is 2. The summed E-state index contributed by atoms with van der Waals surface area (Å²) < 4.78 is 5.42. The van der Waals surface area contributed by atoms with Gasteiger partial charge in [-0.1, -0.05) is 41.5 Å². The molecule has 0 bridgehead atoms. The van der Waals surface area contributed by atoms with Crippen LogP contribution in [0, 0.1) is 5.41 Å². The Morgan fingerprint density at radius 2 is 1.60 bits per heavy atom. The number of ketones is 1. The van der Waals surface area contributed by atoms with Crippen molar-refractivity contribution >= 4 is 11.8 Å². The largest absolute Gasteiger partial charge is 0.508 e. The van der Waals surface area contributed by atoms with Gasteiger partial charge in [0, 0.05) is 23.6 Å². The van der Waals surface area contributed by atoms with Crippen LogP contribution in [-0.2, 0) is 20.4 Å². The average Bonchev–Trinajstić information content (AvgIpc) is 2.83. The van der Waals surface area contributed by atoms with Gasteiger partial charge in [-0.3, -0.25) is 9.59 Å². The molecule has 1 aliphatic heterocycles. The molecule has 2 aliphatic rings. The maximum atomic E-state index is 12.9. The van der Waals surface area contributed by atoms with Crippen LogP contribution in [-0.4, -0.2) is 22.0 Å². The van der Waals surface area contributed by atoms with Crippen molar-refractivity contribution in [1.82, 2.24) is 0 Å². The number of allylic oxidation sites excluding steroid dienone is 1. The zero-order valence-corrected chi connectivity index (χ0v) is 15.5. The van der Waals surface area contributed by atoms with Crippen molar-refractivity contribution in [2.45, 2.75) is 58.8 Å². The highest BCUT2D eigenvalue weighted by atomic mass is 16.5. The minimum Gasteiger partial charge on any atom is -0.508 e. The van der Waals surface area contributed by atoms with E-state index in [4.69, 9.17) is 4.74 Å². The molecule has 0 radical (unpaired) electrons. The second-order valence-corrected chi connectivity index (χ2v) is 8.98. The Bertz CT molecular complexity index is 833. The predicted molar refractivity (Wildman–Crippen MR) is 92.9 cm³/mol. The molecule has 0 saturated carbocycles. The number of fused-ring (bicyclic) bond motifs is 2. The van der Waals surface area contributed by atoms with Crippen LogP contribution in [0.5, 0.6) is 11.5 Å². The van der Waals surface area contributed by atoms with E-state index < -0.39 is 22.6 Å². The van der Waals surface area contributed by atoms with Crippen LogP contribution in [0.1, 0.15) is 59.1 Å². The summed E-state index contributed by atoms with van der Waals surface area (Å²) in [5, 5.41) is 20.8. The first kappa shape index (κ1) is 17.5. The van der Waals surface area contributed by atoms with E-state index in [1.54, 1.807) is 6.07 Å². The highest BCUT2D eigenvalue weighted by Gasteiger charge is 2.61. The summed E-state index contributed by atoms with van der Waals surface area (Å²) >= 11 is 0. The minimum atomic E-state index is -1.32. The van der Waals surface area contributed by atoms with Crippen LogP contribution in [0.25, 0.3) is 0 Å². The number of ether oxygens (including phenoxy) is 1. The van der Waals surface area contributed by atoms with Crippen LogP contribution < -0.4 is 4.74 Å². The third kappa shape index (κ3) is 2.29. The summed E-state index contributed by atoms with van der Waals surface area (Å²) in [6, 6.07) is 3.18. The fraction of sp³-hybridized carbons (Fsp3) is 0.500. The third-order valence-electron chi connectivity index (χ3n) is 5.02. The van der Waals surface area contributed by atoms with Crippen molar-refractivity contribution in [1.29, 1.82) is 0 Å². The molecule has 1 atom stereocenters. The number of hydrogen-bond acceptors (Lipinski definition) is 5. The second kappa shape index (κ2) is 4.87. The highest BCUT2D eigenvalue weighted by molar-refractivity contribution is 6.09. The molecule has 1 aromatic rings. The molecule has 1 aromatic carbocycles. The van der Waals surface area contributed by atoms with Crippen molar-refractivity contribution in [3.8, 4) is 11.5 Å². The molecular weight excluding hydrogens is 320 g/mol. The van der Waals surface area contributed by atoms with Crippen molar-refractivity contribution in [3.63, 3.8) is 0 Å². The van der Waals surface area contributed by atoms with Gasteiger partial charge in [0.25, 0.3) is 0 Å². The lowest BCUT2D eigenvalue weighted by atomic mass is 9.66. The zero-order valence-electron chi connectivity index (χ0n) is 15.5. The van der Waals surface area contributed by atoms with Gasteiger partial charge in [0.1, 0.15) is 16.9 Å². The highest BCUT2D eigenvalue weighted by Crippen LogP contribution is 2.57. The fourth-order valence-electron chi connectivity index (χ4n) is 4.04. The Hall–Kier alpha value is -2.30. The van der Waals surface area contributed by atoms with E-state index in [0.29, 0.717) is 16.7 Å². The van der Waals surface area contributed by atoms with E-state index >= 15 is 0 Å². The Morgan fingerprint density at radius 1 is 1.00 bits per heavy atom. The number of phenolic OH excluding ortho intramolecular Hbond substituents is 1. The Balaban J connectivity index is 2.35. The molecule has 5 heteroatoms. The third-order valence-corrected chi connectivity index (χ3v) is 5.02. The molecule has 5 nitrogen and oxygen atoms in total. The number of phenols is 1. The van der Waals surface area contributed by atoms with Crippen LogP contribution in [0.2, 0.25) is 0 Å². The lowest BCUT2D eigenvalue weighted by Gasteiger charge is -2.32. The van der Waals surface area contributed by atoms with Crippen molar-refractivity contribution in [2.75, 3.05) is 0 Å². The molecule has 0 fully saturated rings. The minimum absolute atomic E-state index is 0.0472. The maximum absolute atomic E-state index is 12.9. The van der Waals surface area contributed by atoms with Crippen LogP contribution in [0.15, 0.2) is 23.5 Å². The molecule has 1 aliphatic carbocycles. The number of benzene rings is 1. The van der Waals surface area contributed by atoms with Gasteiger partial charge in [-0.15, -0.1) is 0 Å². The van der Waals surface area contributed by atoms with Crippen LogP contribution in [0.4, 0.5) is 0 Å². The Labute approximate surface area is 147 Å². The van der Waals surface area contributed by atoms with Crippen LogP contribution >= 0.6 is 0 Å². The SMILES string of the molecule is CC(C)(C)C1=C(O)C(=O)CC12C(=O)Oc1cc(O)c(C(C)(C)C)cc12. The average molecular weight is 344 g/mol. The number of esters is 1. The molecule has 1 unspecified atom stereocenters. The Kier molecular flexibility index (Phi) is 3.41. The van der Waals surface area contributed by atoms with Crippen molar-refractivity contribution < 1.29 is 24.5 Å². The summed E-state index contributed by atoms with van der Waals surface area (Å²) in [7, 11) is 0. The molecule has 3 rings (SSSR count). The first-order valence-electron chi connectivity index (χ1n) is 8.38. The predicted octanol–water partition coefficient (Wildman–Crippen LogP) is 3.68. The van der Waals surface area contributed by atoms with E-state index in [1.165, 1.54) is 6.07 Å². The van der Waals surface area contributed by atoms with Gasteiger partial charge >= 0.3 is 5.97 Å². The van der Waals surface area contributed by atoms with E-state index in [-0.39, 0.29) is 29.1 Å². The number of carbonyl (C=O) groups is 2. The monoisotopic (exact) mass is 344 g/mol. The number of rotatable bonds is 0. The summed E-state index contributed by atoms with van der Waals surface area (Å²) in [6.45, 7) is 11.4. The normalized spacial score (nSPS) is 23.4. The van der Waals surface area contributed by atoms with Gasteiger partial charge in [-0.05, 0) is 22.5 Å². The first-order valence-corrected chi connectivity index (χ1v) is 8.38. The van der Waals surface area contributed by atoms with E-state index in [1.807, 2.05) is 41.5 Å². The number of aliphatic hydroxyl groups excluding tert-OH is 1. The zero-order chi connectivity index (χ0) is 18.9. The van der Waals surface area contributed by atoms with E-state index in [9.17, 15) is 19.8 Å². The van der Waals surface area contributed by atoms with Crippen molar-refractivity contribution in [2.24, 2.45) is 5.41 Å². The van der Waals surface area contributed by atoms with Crippen molar-refractivity contribution in [3.05, 3.63) is 34.6 Å². The summed E-state index contributed by atoms with van der Waals surface area (Å²) in [4.78, 5) is 25.2. The van der Waals surface area contributed by atoms with E-state index in [2.05, 4.69) is 0 Å². The van der Waals surface area contributed by atoms with Crippen LogP contribution in [0.3, 0.4) is 0 Å². The molecule has 0 amide bonds. The van der Waals surface area contributed by atoms with Gasteiger partial charge in [0.05, 0.1) is 0 Å². The lowest BCUT2D eigenvalue weighted by molar-refractivity contribution is -0.138. The summed E-state index contributed by atoms with van der Waals surface area (Å²) in [5.41, 5.74) is -0.681. The van der Waals surface area contributed by atoms with Gasteiger partial charge in [-0.2, -0.15) is 0 Å². The number of carbonyl (C=O) groups excluding carboxylic acids is 2. The fourth-order valence-corrected chi connectivity index (χ4v) is 4.04. The van der Waals surface area contributed by atoms with Gasteiger partial charge < -0.3 is 14.9 Å². The molecule has 25 heavy (non-hydrogen) atoms. The first-order chi connectivity index (χ1) is 11.3. The molecule has 1 spiro atoms. The molecule has 2 N–H and O–H groups in total. The van der Waals surface area contributed by atoms with Gasteiger partial charge in [0.15, 0.2) is 11.5 Å². The second-order valence-electron chi connectivity index (χ2n) is 8.98. The van der Waals surface area contributed by atoms with Gasteiger partial charge in [-0.25, -0.2) is 0 Å². The molecule has 134 valence electrons. The number of Topliss-reactive ketones (excluding diaryl/α,β-unsaturated/α-hetero) is 1. The van der Waals surface area contributed by atoms with E-state index in [0.717, 1.165) is 0 Å². The Morgan fingerprint density at radius 3 is 2.12 bits per heavy atom. The molecule has 0 saturated heterocycles. The summed E-state index contributed by atoms with van der Waals surface area (Å²) in [6.07, 6.45) is -0.147. The number of aliphatic hydroxyl groups is 1. The topological polar surface area (TPSA) is 83.8 Å². The summed E-state index contributed by atoms with van der Waals surface area (Å²) in [5.74, 6) is -1.08. The lowest BCUT2D eigenvalue weighted by Crippen LogP contribution is -2.38. The maximum Gasteiger partial charge on any atom is 0.326 e. The molecule has 1 heterocycles. The molecule has 0 aromatic heterocycles. The number of aromatic hydroxyl groups is 1. The smallest absolute Gasteiger partial charge is 0.326 e. The van der Waals surface area contributed by atoms with Gasteiger partial charge in [0.2, 0.25) is 0 Å². The standard InChI is InChI=1S/C20H24O5/c1-18(2,3)10-7-11-14(8-12(10)21)25-17(24)20(11)9-13(22)15(23)16(20)19(4,5)6/h7-8,21,23H,9H2,1-6H3. The molecular formula is C20H24O5.